The molecular formula is C23H18Br3PS. The van der Waals surface area contributed by atoms with Gasteiger partial charge in [-0.3, -0.25) is 0 Å². The van der Waals surface area contributed by atoms with E-state index in [4.69, 9.17) is 0 Å². The van der Waals surface area contributed by atoms with E-state index in [1.165, 1.54) is 25.3 Å². The molecule has 0 saturated carbocycles. The maximum atomic E-state index is 3.79. The fourth-order valence-electron chi connectivity index (χ4n) is 3.51. The minimum Gasteiger partial charge on any atom is -1.00 e. The first kappa shape index (κ1) is 21.9. The van der Waals surface area contributed by atoms with Gasteiger partial charge < -0.3 is 17.0 Å². The van der Waals surface area contributed by atoms with Crippen molar-refractivity contribution >= 4 is 66.4 Å². The van der Waals surface area contributed by atoms with Crippen LogP contribution in [0.25, 0.3) is 0 Å². The number of hydrogen-bond donors (Lipinski definition) is 0. The normalized spacial score (nSPS) is 11.1. The molecule has 1 heterocycles. The van der Waals surface area contributed by atoms with E-state index in [1.807, 2.05) is 0 Å². The lowest BCUT2D eigenvalue weighted by atomic mass is 10.3. The van der Waals surface area contributed by atoms with Crippen LogP contribution in [0.3, 0.4) is 0 Å². The number of thiophene rings is 1. The van der Waals surface area contributed by atoms with Crippen LogP contribution in [0, 0.1) is 0 Å². The highest BCUT2D eigenvalue weighted by molar-refractivity contribution is 9.12. The van der Waals surface area contributed by atoms with E-state index in [2.05, 4.69) is 129 Å². The molecule has 0 aliphatic carbocycles. The second-order valence-corrected chi connectivity index (χ2v) is 13.6. The first-order valence-electron chi connectivity index (χ1n) is 8.69. The van der Waals surface area contributed by atoms with Crippen molar-refractivity contribution < 1.29 is 17.0 Å². The average Bonchev–Trinajstić information content (AvgIpc) is 3.04. The molecule has 0 aliphatic rings. The fourth-order valence-corrected chi connectivity index (χ4v) is 10.9. The number of rotatable bonds is 5. The molecule has 0 nitrogen and oxygen atoms in total. The van der Waals surface area contributed by atoms with Gasteiger partial charge in [0.05, 0.1) is 7.57 Å². The number of benzene rings is 3. The Labute approximate surface area is 198 Å². The van der Waals surface area contributed by atoms with Gasteiger partial charge >= 0.3 is 0 Å². The summed E-state index contributed by atoms with van der Waals surface area (Å²) in [5.41, 5.74) is 1.36. The highest BCUT2D eigenvalue weighted by Gasteiger charge is 2.45. The van der Waals surface area contributed by atoms with Crippen LogP contribution in [0.15, 0.2) is 105 Å². The van der Waals surface area contributed by atoms with Crippen LogP contribution in [0.5, 0.6) is 0 Å². The Morgan fingerprint density at radius 1 is 0.643 bits per heavy atom. The van der Waals surface area contributed by atoms with E-state index in [0.29, 0.717) is 0 Å². The van der Waals surface area contributed by atoms with Crippen LogP contribution < -0.4 is 32.9 Å². The Hall–Kier alpha value is -0.770. The lowest BCUT2D eigenvalue weighted by molar-refractivity contribution is -0.00000492. The third-order valence-corrected chi connectivity index (χ3v) is 11.5. The molecule has 0 radical (unpaired) electrons. The first-order chi connectivity index (χ1) is 13.2. The molecule has 3 aromatic carbocycles. The predicted octanol–water partition coefficient (Wildman–Crippen LogP) is 3.77. The number of hydrogen-bond acceptors (Lipinski definition) is 1. The van der Waals surface area contributed by atoms with Gasteiger partial charge in [0.1, 0.15) is 29.3 Å². The summed E-state index contributed by atoms with van der Waals surface area (Å²) in [5.74, 6) is 0. The highest BCUT2D eigenvalue weighted by atomic mass is 79.9. The summed E-state index contributed by atoms with van der Waals surface area (Å²) < 4.78 is 2.37. The van der Waals surface area contributed by atoms with Crippen molar-refractivity contribution in [3.63, 3.8) is 0 Å². The molecule has 0 N–H and O–H groups in total. The number of halogens is 3. The average molecular weight is 597 g/mol. The van der Waals surface area contributed by atoms with Crippen LogP contribution in [0.4, 0.5) is 0 Å². The maximum absolute atomic E-state index is 3.79. The van der Waals surface area contributed by atoms with Gasteiger partial charge in [0.2, 0.25) is 0 Å². The molecule has 28 heavy (non-hydrogen) atoms. The SMILES string of the molecule is Brc1cc(C[P+](c2ccccc2)(c2ccccc2)c2ccccc2)c(Br)s1.[Br-]. The fraction of sp³-hybridized carbons (Fsp3) is 0.0435. The summed E-state index contributed by atoms with van der Waals surface area (Å²) in [6.07, 6.45) is 0.994. The van der Waals surface area contributed by atoms with E-state index >= 15 is 0 Å². The van der Waals surface area contributed by atoms with Gasteiger partial charge in [-0.15, -0.1) is 11.3 Å². The maximum Gasteiger partial charge on any atom is 0.116 e. The molecule has 4 rings (SSSR count). The van der Waals surface area contributed by atoms with Crippen molar-refractivity contribution in [3.05, 3.63) is 110 Å². The molecule has 0 saturated heterocycles. The molecule has 0 bridgehead atoms. The van der Waals surface area contributed by atoms with E-state index in [1.54, 1.807) is 11.3 Å². The van der Waals surface area contributed by atoms with Gasteiger partial charge in [0.15, 0.2) is 0 Å². The van der Waals surface area contributed by atoms with Gasteiger partial charge in [-0.2, -0.15) is 0 Å². The zero-order chi connectivity index (χ0) is 18.7. The van der Waals surface area contributed by atoms with Crippen molar-refractivity contribution in [1.29, 1.82) is 0 Å². The van der Waals surface area contributed by atoms with Gasteiger partial charge in [0.25, 0.3) is 0 Å². The molecule has 0 unspecified atom stereocenters. The Morgan fingerprint density at radius 2 is 1.04 bits per heavy atom. The minimum atomic E-state index is -1.83. The first-order valence-corrected chi connectivity index (χ1v) is 13.1. The van der Waals surface area contributed by atoms with E-state index in [0.717, 1.165) is 9.95 Å². The van der Waals surface area contributed by atoms with Crippen molar-refractivity contribution in [3.8, 4) is 0 Å². The quantitative estimate of drug-likeness (QED) is 0.308. The molecule has 5 heteroatoms. The van der Waals surface area contributed by atoms with Crippen LogP contribution in [0.1, 0.15) is 5.56 Å². The molecule has 4 aromatic rings. The van der Waals surface area contributed by atoms with Crippen molar-refractivity contribution in [2.75, 3.05) is 0 Å². The van der Waals surface area contributed by atoms with Crippen LogP contribution in [-0.2, 0) is 6.16 Å². The predicted molar refractivity (Wildman–Crippen MR) is 129 cm³/mol. The monoisotopic (exact) mass is 594 g/mol. The summed E-state index contributed by atoms with van der Waals surface area (Å²) in [6, 6.07) is 35.3. The summed E-state index contributed by atoms with van der Waals surface area (Å²) in [5, 5.41) is 4.24. The van der Waals surface area contributed by atoms with Crippen molar-refractivity contribution in [2.45, 2.75) is 6.16 Å². The van der Waals surface area contributed by atoms with Gasteiger partial charge in [-0.25, -0.2) is 0 Å². The zero-order valence-electron chi connectivity index (χ0n) is 14.9. The summed E-state index contributed by atoms with van der Waals surface area (Å²) >= 11 is 9.20. The lowest BCUT2D eigenvalue weighted by Gasteiger charge is -2.27. The smallest absolute Gasteiger partial charge is 0.116 e. The lowest BCUT2D eigenvalue weighted by Crippen LogP contribution is -3.00. The Kier molecular flexibility index (Phi) is 7.69. The molecule has 0 aliphatic heterocycles. The third-order valence-electron chi connectivity index (χ3n) is 4.73. The van der Waals surface area contributed by atoms with Crippen molar-refractivity contribution in [1.82, 2.24) is 0 Å². The largest absolute Gasteiger partial charge is 1.00 e. The molecular weight excluding hydrogens is 579 g/mol. The van der Waals surface area contributed by atoms with Gasteiger partial charge in [0, 0.05) is 5.56 Å². The minimum absolute atomic E-state index is 0. The molecule has 142 valence electrons. The second kappa shape index (κ2) is 9.82. The van der Waals surface area contributed by atoms with Crippen LogP contribution >= 0.6 is 50.5 Å². The topological polar surface area (TPSA) is 0 Å². The Morgan fingerprint density at radius 3 is 1.36 bits per heavy atom. The van der Waals surface area contributed by atoms with Gasteiger partial charge in [-0.1, -0.05) is 54.6 Å². The van der Waals surface area contributed by atoms with E-state index in [-0.39, 0.29) is 17.0 Å². The molecule has 0 atom stereocenters. The standard InChI is InChI=1S/C23H18Br2PS.BrH/c24-22-16-18(23(25)27-22)17-26(19-10-4-1-5-11-19,20-12-6-2-7-13-20)21-14-8-3-9-15-21;/h1-16H,17H2;1H/q+1;/p-1. The summed E-state index contributed by atoms with van der Waals surface area (Å²) in [4.78, 5) is 0. The van der Waals surface area contributed by atoms with E-state index < -0.39 is 7.26 Å². The van der Waals surface area contributed by atoms with E-state index in [9.17, 15) is 0 Å². The highest BCUT2D eigenvalue weighted by Crippen LogP contribution is 2.59. The Bertz CT molecular complexity index is 921. The van der Waals surface area contributed by atoms with Crippen LogP contribution in [-0.4, -0.2) is 0 Å². The third kappa shape index (κ3) is 4.37. The Balaban J connectivity index is 0.00000225. The van der Waals surface area contributed by atoms with Crippen LogP contribution in [0.2, 0.25) is 0 Å². The zero-order valence-corrected chi connectivity index (χ0v) is 21.4. The summed E-state index contributed by atoms with van der Waals surface area (Å²) in [7, 11) is -1.83. The van der Waals surface area contributed by atoms with Crippen molar-refractivity contribution in [2.24, 2.45) is 0 Å². The molecule has 0 spiro atoms. The molecule has 1 aromatic heterocycles. The molecule has 0 amide bonds. The van der Waals surface area contributed by atoms with Gasteiger partial charge in [-0.05, 0) is 74.3 Å². The molecule has 0 fully saturated rings. The summed E-state index contributed by atoms with van der Waals surface area (Å²) in [6.45, 7) is 0. The second-order valence-electron chi connectivity index (χ2n) is 6.32.